The van der Waals surface area contributed by atoms with Gasteiger partial charge in [-0.05, 0) is 6.92 Å². The van der Waals surface area contributed by atoms with Gasteiger partial charge in [-0.15, -0.1) is 0 Å². The van der Waals surface area contributed by atoms with Crippen molar-refractivity contribution in [1.82, 2.24) is 4.98 Å². The fourth-order valence-corrected chi connectivity index (χ4v) is 1.69. The van der Waals surface area contributed by atoms with Crippen LogP contribution in [-0.4, -0.2) is 41.4 Å². The summed E-state index contributed by atoms with van der Waals surface area (Å²) < 4.78 is 122. The zero-order valence-electron chi connectivity index (χ0n) is 14.3. The Kier molecular flexibility index (Phi) is 7.28. The quantitative estimate of drug-likeness (QED) is 0.496. The van der Waals surface area contributed by atoms with Crippen molar-refractivity contribution < 1.29 is 68.1 Å². The number of carbonyl (C=O) groups excluding carboxylic acids is 3. The maximum atomic E-state index is 12.4. The predicted molar refractivity (Wildman–Crippen MR) is 72.4 cm³/mol. The Morgan fingerprint density at radius 2 is 1.23 bits per heavy atom. The molecule has 0 aliphatic rings. The number of aryl methyl sites for hydroxylation is 1. The topological polar surface area (TPSA) is 91.8 Å². The molecule has 0 atom stereocenters. The molecule has 7 nitrogen and oxygen atoms in total. The van der Waals surface area contributed by atoms with Gasteiger partial charge in [0.15, 0.2) is 5.75 Å². The summed E-state index contributed by atoms with van der Waals surface area (Å²) in [7, 11) is 0. The molecule has 0 saturated heterocycles. The maximum Gasteiger partial charge on any atom is 0.491 e. The summed E-state index contributed by atoms with van der Waals surface area (Å²) in [5.74, 6) is -9.54. The zero-order valence-corrected chi connectivity index (χ0v) is 14.3. The fourth-order valence-electron chi connectivity index (χ4n) is 1.69. The summed E-state index contributed by atoms with van der Waals surface area (Å²) in [5, 5.41) is 0. The van der Waals surface area contributed by atoms with Crippen LogP contribution in [0.15, 0.2) is 6.20 Å². The SMILES string of the molecule is Cc1ncc(COC(=O)C(F)(F)F)c(COC(=O)C(F)(F)F)c1OC(=O)C(F)(F)F. The van der Waals surface area contributed by atoms with Crippen molar-refractivity contribution in [3.8, 4) is 5.75 Å². The van der Waals surface area contributed by atoms with E-state index in [0.29, 0.717) is 6.20 Å². The summed E-state index contributed by atoms with van der Waals surface area (Å²) >= 11 is 0. The number of esters is 3. The lowest BCUT2D eigenvalue weighted by molar-refractivity contribution is -0.202. The van der Waals surface area contributed by atoms with Crippen LogP contribution in [0.25, 0.3) is 0 Å². The first kappa shape index (κ1) is 25.0. The predicted octanol–water partition coefficient (Wildman–Crippen LogP) is 3.07. The van der Waals surface area contributed by atoms with Crippen LogP contribution in [0.3, 0.4) is 0 Å². The number of rotatable bonds is 5. The number of hydrogen-bond donors (Lipinski definition) is 0. The van der Waals surface area contributed by atoms with Gasteiger partial charge in [0.1, 0.15) is 13.2 Å². The van der Waals surface area contributed by atoms with E-state index in [9.17, 15) is 53.9 Å². The average molecular weight is 457 g/mol. The number of halogens is 9. The lowest BCUT2D eigenvalue weighted by atomic mass is 10.1. The summed E-state index contributed by atoms with van der Waals surface area (Å²) in [5.41, 5.74) is -2.16. The highest BCUT2D eigenvalue weighted by atomic mass is 19.4. The standard InChI is InChI=1S/C14H8F9NO6/c1-5-8(30-11(27)14(21,22)23)7(4-29-10(26)13(18,19)20)6(2-24-5)3-28-9(25)12(15,16)17/h2H,3-4H2,1H3. The van der Waals surface area contributed by atoms with Crippen molar-refractivity contribution in [3.63, 3.8) is 0 Å². The third-order valence-corrected chi connectivity index (χ3v) is 3.00. The highest BCUT2D eigenvalue weighted by Gasteiger charge is 2.44. The molecule has 0 fully saturated rings. The molecule has 0 radical (unpaired) electrons. The van der Waals surface area contributed by atoms with Crippen molar-refractivity contribution >= 4 is 17.9 Å². The van der Waals surface area contributed by atoms with E-state index in [1.54, 1.807) is 0 Å². The first-order valence-electron chi connectivity index (χ1n) is 7.18. The summed E-state index contributed by atoms with van der Waals surface area (Å²) in [6.07, 6.45) is -15.9. The Labute approximate surface area is 159 Å². The Bertz CT molecular complexity index is 829. The first-order valence-corrected chi connectivity index (χ1v) is 7.18. The van der Waals surface area contributed by atoms with E-state index in [-0.39, 0.29) is 0 Å². The van der Waals surface area contributed by atoms with Crippen LogP contribution in [-0.2, 0) is 37.1 Å². The summed E-state index contributed by atoms with van der Waals surface area (Å²) in [6.45, 7) is -1.93. The van der Waals surface area contributed by atoms with Crippen molar-refractivity contribution in [3.05, 3.63) is 23.0 Å². The van der Waals surface area contributed by atoms with Crippen molar-refractivity contribution in [2.45, 2.75) is 38.7 Å². The van der Waals surface area contributed by atoms with Gasteiger partial charge in [-0.3, -0.25) is 4.98 Å². The number of alkyl halides is 9. The van der Waals surface area contributed by atoms with Crippen LogP contribution in [0.5, 0.6) is 5.75 Å². The minimum absolute atomic E-state index is 0.531. The molecule has 0 unspecified atom stereocenters. The molecule has 0 N–H and O–H groups in total. The second-order valence-corrected chi connectivity index (χ2v) is 5.21. The molecule has 0 aliphatic carbocycles. The van der Waals surface area contributed by atoms with E-state index < -0.39 is 72.2 Å². The molecule has 0 bridgehead atoms. The zero-order chi connectivity index (χ0) is 23.5. The highest BCUT2D eigenvalue weighted by Crippen LogP contribution is 2.31. The van der Waals surface area contributed by atoms with Crippen molar-refractivity contribution in [2.75, 3.05) is 0 Å². The van der Waals surface area contributed by atoms with E-state index in [4.69, 9.17) is 0 Å². The molecule has 0 amide bonds. The maximum absolute atomic E-state index is 12.4. The summed E-state index contributed by atoms with van der Waals surface area (Å²) in [6, 6.07) is 0. The van der Waals surface area contributed by atoms with Gasteiger partial charge in [-0.2, -0.15) is 39.5 Å². The largest absolute Gasteiger partial charge is 0.491 e. The van der Waals surface area contributed by atoms with E-state index in [0.717, 1.165) is 6.92 Å². The van der Waals surface area contributed by atoms with Crippen molar-refractivity contribution in [1.29, 1.82) is 0 Å². The van der Waals surface area contributed by atoms with Crippen LogP contribution in [0, 0.1) is 6.92 Å². The van der Waals surface area contributed by atoms with Crippen LogP contribution in [0.2, 0.25) is 0 Å². The minimum atomic E-state index is -5.56. The molecule has 0 saturated carbocycles. The molecular formula is C14H8F9NO6. The molecule has 1 rings (SSSR count). The van der Waals surface area contributed by atoms with Gasteiger partial charge in [-0.1, -0.05) is 0 Å². The van der Waals surface area contributed by atoms with Gasteiger partial charge >= 0.3 is 36.4 Å². The molecule has 1 aromatic heterocycles. The molecule has 168 valence electrons. The molecular weight excluding hydrogens is 449 g/mol. The van der Waals surface area contributed by atoms with E-state index in [1.807, 2.05) is 0 Å². The lowest BCUT2D eigenvalue weighted by Gasteiger charge is -2.17. The Morgan fingerprint density at radius 3 is 1.67 bits per heavy atom. The summed E-state index contributed by atoms with van der Waals surface area (Å²) in [4.78, 5) is 36.1. The van der Waals surface area contributed by atoms with Crippen LogP contribution in [0.1, 0.15) is 16.8 Å². The fraction of sp³-hybridized carbons (Fsp3) is 0.429. The van der Waals surface area contributed by atoms with Crippen LogP contribution in [0.4, 0.5) is 39.5 Å². The minimum Gasteiger partial charge on any atom is -0.454 e. The van der Waals surface area contributed by atoms with Crippen LogP contribution < -0.4 is 4.74 Å². The van der Waals surface area contributed by atoms with E-state index in [2.05, 4.69) is 19.2 Å². The molecule has 0 aliphatic heterocycles. The number of hydrogen-bond acceptors (Lipinski definition) is 7. The Hall–Kier alpha value is -3.07. The van der Waals surface area contributed by atoms with Gasteiger partial charge in [0.05, 0.1) is 5.69 Å². The van der Waals surface area contributed by atoms with Gasteiger partial charge in [-0.25, -0.2) is 14.4 Å². The normalized spacial score (nSPS) is 12.3. The third-order valence-electron chi connectivity index (χ3n) is 3.00. The number of ether oxygens (including phenoxy) is 3. The second kappa shape index (κ2) is 8.74. The lowest BCUT2D eigenvalue weighted by Crippen LogP contribution is -2.30. The van der Waals surface area contributed by atoms with E-state index in [1.165, 1.54) is 0 Å². The Balaban J connectivity index is 3.32. The molecule has 1 heterocycles. The molecule has 1 aromatic rings. The molecule has 16 heteroatoms. The highest BCUT2D eigenvalue weighted by molar-refractivity contribution is 5.79. The van der Waals surface area contributed by atoms with Gasteiger partial charge in [0.25, 0.3) is 0 Å². The smallest absolute Gasteiger partial charge is 0.454 e. The average Bonchev–Trinajstić information content (AvgIpc) is 2.57. The first-order chi connectivity index (χ1) is 13.4. The Morgan fingerprint density at radius 1 is 0.800 bits per heavy atom. The molecule has 0 aromatic carbocycles. The van der Waals surface area contributed by atoms with E-state index >= 15 is 0 Å². The van der Waals surface area contributed by atoms with Gasteiger partial charge < -0.3 is 14.2 Å². The van der Waals surface area contributed by atoms with Gasteiger partial charge in [0.2, 0.25) is 0 Å². The monoisotopic (exact) mass is 457 g/mol. The number of aromatic nitrogens is 1. The molecule has 30 heavy (non-hydrogen) atoms. The number of carbonyl (C=O) groups is 3. The van der Waals surface area contributed by atoms with Crippen LogP contribution >= 0.6 is 0 Å². The van der Waals surface area contributed by atoms with Crippen molar-refractivity contribution in [2.24, 2.45) is 0 Å². The second-order valence-electron chi connectivity index (χ2n) is 5.21. The molecule has 0 spiro atoms. The third kappa shape index (κ3) is 6.77. The van der Waals surface area contributed by atoms with Gasteiger partial charge in [0, 0.05) is 17.3 Å². The number of pyridine rings is 1. The number of nitrogens with zero attached hydrogens (tertiary/aromatic N) is 1.